The molecule has 0 radical (unpaired) electrons. The average molecular weight is 296 g/mol. The van der Waals surface area contributed by atoms with Crippen LogP contribution < -0.4 is 5.32 Å². The Hall–Kier alpha value is -1.01. The first-order valence-electron chi connectivity index (χ1n) is 6.37. The molecule has 0 atom stereocenters. The molecule has 6 heteroatoms. The van der Waals surface area contributed by atoms with Gasteiger partial charge >= 0.3 is 0 Å². The molecule has 0 fully saturated rings. The van der Waals surface area contributed by atoms with Gasteiger partial charge in [-0.05, 0) is 13.8 Å². The number of aromatic nitrogens is 3. The van der Waals surface area contributed by atoms with Crippen molar-refractivity contribution in [1.29, 1.82) is 0 Å². The molecule has 0 saturated carbocycles. The number of thiazole rings is 1. The molecule has 19 heavy (non-hydrogen) atoms. The van der Waals surface area contributed by atoms with Crippen molar-refractivity contribution in [3.63, 3.8) is 0 Å². The van der Waals surface area contributed by atoms with Gasteiger partial charge in [0, 0.05) is 34.8 Å². The lowest BCUT2D eigenvalue weighted by Crippen LogP contribution is -2.13. The van der Waals surface area contributed by atoms with E-state index in [-0.39, 0.29) is 5.41 Å². The van der Waals surface area contributed by atoms with Gasteiger partial charge in [-0.3, -0.25) is 0 Å². The molecule has 2 rings (SSSR count). The van der Waals surface area contributed by atoms with Crippen molar-refractivity contribution in [2.45, 2.75) is 46.5 Å². The summed E-state index contributed by atoms with van der Waals surface area (Å²) in [7, 11) is 0. The molecule has 0 spiro atoms. The van der Waals surface area contributed by atoms with Gasteiger partial charge in [0.1, 0.15) is 5.82 Å². The van der Waals surface area contributed by atoms with Crippen molar-refractivity contribution < 1.29 is 0 Å². The summed E-state index contributed by atoms with van der Waals surface area (Å²) in [4.78, 5) is 10.3. The second-order valence-electron chi connectivity index (χ2n) is 5.59. The van der Waals surface area contributed by atoms with E-state index in [0.717, 1.165) is 34.6 Å². The van der Waals surface area contributed by atoms with E-state index in [1.165, 1.54) is 16.4 Å². The van der Waals surface area contributed by atoms with Crippen molar-refractivity contribution in [3.8, 4) is 0 Å². The topological polar surface area (TPSA) is 50.7 Å². The van der Waals surface area contributed by atoms with Crippen LogP contribution in [0.25, 0.3) is 0 Å². The summed E-state index contributed by atoms with van der Waals surface area (Å²) in [5, 5.41) is 5.39. The Bertz CT molecular complexity index is 551. The lowest BCUT2D eigenvalue weighted by atomic mass is 9.96. The van der Waals surface area contributed by atoms with Crippen LogP contribution in [0.1, 0.15) is 42.2 Å². The fourth-order valence-corrected chi connectivity index (χ4v) is 3.41. The van der Waals surface area contributed by atoms with E-state index in [0.29, 0.717) is 0 Å². The van der Waals surface area contributed by atoms with E-state index in [9.17, 15) is 0 Å². The highest BCUT2D eigenvalue weighted by Crippen LogP contribution is 2.23. The van der Waals surface area contributed by atoms with Gasteiger partial charge < -0.3 is 5.32 Å². The maximum Gasteiger partial charge on any atom is 0.202 e. The van der Waals surface area contributed by atoms with Crippen LogP contribution in [0.3, 0.4) is 0 Å². The average Bonchev–Trinajstić information content (AvgIpc) is 2.86. The molecule has 1 N–H and O–H groups in total. The van der Waals surface area contributed by atoms with Crippen LogP contribution in [0.4, 0.5) is 5.13 Å². The summed E-state index contributed by atoms with van der Waals surface area (Å²) < 4.78 is 4.39. The quantitative estimate of drug-likeness (QED) is 0.937. The molecule has 0 amide bonds. The maximum atomic E-state index is 4.52. The van der Waals surface area contributed by atoms with Gasteiger partial charge in [0.25, 0.3) is 0 Å². The van der Waals surface area contributed by atoms with Crippen molar-refractivity contribution in [1.82, 2.24) is 14.3 Å². The standard InChI is InChI=1S/C13H20N4S2/c1-8-10(18-9(2)15-8)6-7-14-12-16-11(17-19-12)13(3,4)5/h6-7H2,1-5H3,(H,14,16,17). The highest BCUT2D eigenvalue weighted by Gasteiger charge is 2.19. The molecule has 0 aliphatic heterocycles. The van der Waals surface area contributed by atoms with Gasteiger partial charge in [-0.15, -0.1) is 11.3 Å². The highest BCUT2D eigenvalue weighted by molar-refractivity contribution is 7.11. The summed E-state index contributed by atoms with van der Waals surface area (Å²) >= 11 is 3.21. The van der Waals surface area contributed by atoms with E-state index >= 15 is 0 Å². The van der Waals surface area contributed by atoms with Crippen LogP contribution in [-0.2, 0) is 11.8 Å². The summed E-state index contributed by atoms with van der Waals surface area (Å²) in [5.74, 6) is 0.907. The van der Waals surface area contributed by atoms with Crippen LogP contribution in [-0.4, -0.2) is 20.9 Å². The van der Waals surface area contributed by atoms with Gasteiger partial charge in [-0.2, -0.15) is 4.37 Å². The zero-order valence-electron chi connectivity index (χ0n) is 12.1. The van der Waals surface area contributed by atoms with Crippen molar-refractivity contribution >= 4 is 28.0 Å². The molecule has 2 aromatic heterocycles. The van der Waals surface area contributed by atoms with E-state index in [1.54, 1.807) is 11.3 Å². The molecule has 2 heterocycles. The summed E-state index contributed by atoms with van der Waals surface area (Å²) in [6.07, 6.45) is 0.988. The molecule has 0 aromatic carbocycles. The number of rotatable bonds is 4. The number of aryl methyl sites for hydroxylation is 2. The first kappa shape index (κ1) is 14.4. The number of nitrogens with one attached hydrogen (secondary N) is 1. The summed E-state index contributed by atoms with van der Waals surface area (Å²) in [5.41, 5.74) is 1.17. The summed E-state index contributed by atoms with van der Waals surface area (Å²) in [6.45, 7) is 11.4. The monoisotopic (exact) mass is 296 g/mol. The molecular weight excluding hydrogens is 276 g/mol. The number of nitrogens with zero attached hydrogens (tertiary/aromatic N) is 3. The Kier molecular flexibility index (Phi) is 4.20. The van der Waals surface area contributed by atoms with Crippen LogP contribution in [0.5, 0.6) is 0 Å². The first-order valence-corrected chi connectivity index (χ1v) is 7.96. The minimum atomic E-state index is 0.0157. The predicted octanol–water partition coefficient (Wildman–Crippen LogP) is 3.56. The third-order valence-corrected chi connectivity index (χ3v) is 4.53. The number of hydrogen-bond donors (Lipinski definition) is 1. The van der Waals surface area contributed by atoms with Gasteiger partial charge in [0.2, 0.25) is 5.13 Å². The third kappa shape index (κ3) is 3.73. The molecule has 4 nitrogen and oxygen atoms in total. The molecule has 0 bridgehead atoms. The molecule has 0 aliphatic rings. The molecular formula is C13H20N4S2. The first-order chi connectivity index (χ1) is 8.86. The van der Waals surface area contributed by atoms with Crippen LogP contribution in [0, 0.1) is 13.8 Å². The lowest BCUT2D eigenvalue weighted by Gasteiger charge is -2.12. The zero-order chi connectivity index (χ0) is 14.0. The fraction of sp³-hybridized carbons (Fsp3) is 0.615. The zero-order valence-corrected chi connectivity index (χ0v) is 13.7. The molecule has 0 unspecified atom stereocenters. The van der Waals surface area contributed by atoms with Gasteiger partial charge in [-0.1, -0.05) is 20.8 Å². The Morgan fingerprint density at radius 3 is 2.42 bits per heavy atom. The SMILES string of the molecule is Cc1nc(C)c(CCNc2nc(C(C)(C)C)ns2)s1. The van der Waals surface area contributed by atoms with Gasteiger partial charge in [0.15, 0.2) is 0 Å². The molecule has 0 saturated heterocycles. The summed E-state index contributed by atoms with van der Waals surface area (Å²) in [6, 6.07) is 0. The minimum Gasteiger partial charge on any atom is -0.360 e. The van der Waals surface area contributed by atoms with Crippen LogP contribution in [0.15, 0.2) is 0 Å². The third-order valence-electron chi connectivity index (χ3n) is 2.72. The maximum absolute atomic E-state index is 4.52. The van der Waals surface area contributed by atoms with E-state index in [1.807, 2.05) is 0 Å². The molecule has 2 aromatic rings. The largest absolute Gasteiger partial charge is 0.360 e. The van der Waals surface area contributed by atoms with Crippen molar-refractivity contribution in [2.24, 2.45) is 0 Å². The smallest absolute Gasteiger partial charge is 0.202 e. The molecule has 0 aliphatic carbocycles. The normalized spacial score (nSPS) is 11.8. The van der Waals surface area contributed by atoms with Crippen LogP contribution >= 0.6 is 22.9 Å². The Morgan fingerprint density at radius 1 is 1.16 bits per heavy atom. The molecule has 104 valence electrons. The van der Waals surface area contributed by atoms with Gasteiger partial charge in [-0.25, -0.2) is 9.97 Å². The number of hydrogen-bond acceptors (Lipinski definition) is 6. The van der Waals surface area contributed by atoms with E-state index < -0.39 is 0 Å². The Labute approximate surface area is 122 Å². The van der Waals surface area contributed by atoms with E-state index in [4.69, 9.17) is 0 Å². The predicted molar refractivity (Wildman–Crippen MR) is 82.4 cm³/mol. The van der Waals surface area contributed by atoms with E-state index in [2.05, 4.69) is 54.3 Å². The fourth-order valence-electron chi connectivity index (χ4n) is 1.69. The second-order valence-corrected chi connectivity index (χ2v) is 7.63. The second kappa shape index (κ2) is 5.54. The minimum absolute atomic E-state index is 0.0157. The number of anilines is 1. The van der Waals surface area contributed by atoms with Crippen molar-refractivity contribution in [2.75, 3.05) is 11.9 Å². The Morgan fingerprint density at radius 2 is 1.89 bits per heavy atom. The van der Waals surface area contributed by atoms with Gasteiger partial charge in [0.05, 0.1) is 10.7 Å². The highest BCUT2D eigenvalue weighted by atomic mass is 32.1. The Balaban J connectivity index is 1.89. The van der Waals surface area contributed by atoms with Crippen molar-refractivity contribution in [3.05, 3.63) is 21.4 Å². The van der Waals surface area contributed by atoms with Crippen LogP contribution in [0.2, 0.25) is 0 Å². The lowest BCUT2D eigenvalue weighted by molar-refractivity contribution is 0.555.